The minimum Gasteiger partial charge on any atom is -0.392 e. The first-order chi connectivity index (χ1) is 4.85. The van der Waals surface area contributed by atoms with Gasteiger partial charge in [0.2, 0.25) is 0 Å². The van der Waals surface area contributed by atoms with Gasteiger partial charge in [-0.2, -0.15) is 0 Å². The summed E-state index contributed by atoms with van der Waals surface area (Å²) < 4.78 is 0. The number of allylic oxidation sites excluding steroid dienone is 3. The number of hydrogen-bond donors (Lipinski definition) is 1. The molecule has 58 valence electrons. The summed E-state index contributed by atoms with van der Waals surface area (Å²) in [4.78, 5) is 0. The number of hydrogen-bond acceptors (Lipinski definition) is 1. The molecule has 10 heavy (non-hydrogen) atoms. The van der Waals surface area contributed by atoms with Crippen molar-refractivity contribution in [2.75, 3.05) is 6.61 Å². The van der Waals surface area contributed by atoms with Crippen LogP contribution in [-0.2, 0) is 0 Å². The van der Waals surface area contributed by atoms with Gasteiger partial charge in [-0.1, -0.05) is 32.1 Å². The van der Waals surface area contributed by atoms with Gasteiger partial charge in [0.1, 0.15) is 0 Å². The fraction of sp³-hybridized carbons (Fsp3) is 0.556. The van der Waals surface area contributed by atoms with Crippen LogP contribution in [0, 0.1) is 0 Å². The molecule has 0 aromatic heterocycles. The molecular formula is C9H16O. The van der Waals surface area contributed by atoms with Crippen LogP contribution in [0.4, 0.5) is 0 Å². The lowest BCUT2D eigenvalue weighted by molar-refractivity contribution is 0.327. The Morgan fingerprint density at radius 3 is 2.50 bits per heavy atom. The summed E-state index contributed by atoms with van der Waals surface area (Å²) >= 11 is 0. The molecule has 0 aromatic carbocycles. The van der Waals surface area contributed by atoms with E-state index in [0.29, 0.717) is 0 Å². The number of rotatable bonds is 4. The third-order valence-electron chi connectivity index (χ3n) is 1.36. The zero-order valence-corrected chi connectivity index (χ0v) is 6.80. The van der Waals surface area contributed by atoms with E-state index in [2.05, 4.69) is 13.0 Å². The minimum absolute atomic E-state index is 0.185. The Labute approximate surface area is 63.1 Å². The first-order valence-corrected chi connectivity index (χ1v) is 3.80. The molecule has 1 heteroatoms. The van der Waals surface area contributed by atoms with E-state index in [1.54, 1.807) is 0 Å². The smallest absolute Gasteiger partial charge is 0.0644 e. The molecule has 0 aliphatic carbocycles. The van der Waals surface area contributed by atoms with Gasteiger partial charge < -0.3 is 5.11 Å². The zero-order chi connectivity index (χ0) is 7.82. The molecule has 0 heterocycles. The second-order valence-electron chi connectivity index (χ2n) is 2.17. The van der Waals surface area contributed by atoms with Gasteiger partial charge >= 0.3 is 0 Å². The third kappa shape index (κ3) is 4.33. The van der Waals surface area contributed by atoms with Crippen molar-refractivity contribution in [3.05, 3.63) is 23.8 Å². The largest absolute Gasteiger partial charge is 0.392 e. The van der Waals surface area contributed by atoms with Gasteiger partial charge in [-0.15, -0.1) is 0 Å². The Balaban J connectivity index is 3.74. The van der Waals surface area contributed by atoms with Crippen LogP contribution < -0.4 is 0 Å². The van der Waals surface area contributed by atoms with Crippen LogP contribution in [0.5, 0.6) is 0 Å². The van der Waals surface area contributed by atoms with E-state index in [4.69, 9.17) is 5.11 Å². The molecule has 0 bridgehead atoms. The second kappa shape index (κ2) is 6.56. The Morgan fingerprint density at radius 1 is 1.40 bits per heavy atom. The molecule has 0 aromatic rings. The molecule has 0 saturated heterocycles. The third-order valence-corrected chi connectivity index (χ3v) is 1.36. The van der Waals surface area contributed by atoms with Crippen LogP contribution in [0.15, 0.2) is 23.8 Å². The minimum atomic E-state index is 0.185. The zero-order valence-electron chi connectivity index (χ0n) is 6.80. The average molecular weight is 140 g/mol. The SMILES string of the molecule is CC/C=C\C=C(/CC)CO. The predicted molar refractivity (Wildman–Crippen MR) is 44.9 cm³/mol. The van der Waals surface area contributed by atoms with E-state index >= 15 is 0 Å². The molecule has 0 aliphatic rings. The van der Waals surface area contributed by atoms with Gasteiger partial charge in [-0.3, -0.25) is 0 Å². The molecule has 0 rings (SSSR count). The van der Waals surface area contributed by atoms with E-state index in [1.165, 1.54) is 0 Å². The molecular weight excluding hydrogens is 124 g/mol. The lowest BCUT2D eigenvalue weighted by atomic mass is 10.2. The predicted octanol–water partition coefficient (Wildman–Crippen LogP) is 2.28. The van der Waals surface area contributed by atoms with Crippen LogP contribution in [0.3, 0.4) is 0 Å². The van der Waals surface area contributed by atoms with Crippen LogP contribution in [0.2, 0.25) is 0 Å². The molecule has 0 unspecified atom stereocenters. The van der Waals surface area contributed by atoms with Gasteiger partial charge in [0.25, 0.3) is 0 Å². The molecule has 0 saturated carbocycles. The van der Waals surface area contributed by atoms with Crippen molar-refractivity contribution in [3.63, 3.8) is 0 Å². The van der Waals surface area contributed by atoms with Crippen LogP contribution in [0.25, 0.3) is 0 Å². The van der Waals surface area contributed by atoms with E-state index < -0.39 is 0 Å². The first-order valence-electron chi connectivity index (χ1n) is 3.80. The van der Waals surface area contributed by atoms with Crippen molar-refractivity contribution in [3.8, 4) is 0 Å². The fourth-order valence-corrected chi connectivity index (χ4v) is 0.623. The maximum absolute atomic E-state index is 8.72. The summed E-state index contributed by atoms with van der Waals surface area (Å²) in [5, 5.41) is 8.72. The van der Waals surface area contributed by atoms with E-state index in [0.717, 1.165) is 18.4 Å². The van der Waals surface area contributed by atoms with Crippen molar-refractivity contribution in [2.24, 2.45) is 0 Å². The first kappa shape index (κ1) is 9.44. The molecule has 0 radical (unpaired) electrons. The van der Waals surface area contributed by atoms with E-state index in [9.17, 15) is 0 Å². The monoisotopic (exact) mass is 140 g/mol. The maximum Gasteiger partial charge on any atom is 0.0644 e. The van der Waals surface area contributed by atoms with Crippen molar-refractivity contribution in [2.45, 2.75) is 26.7 Å². The molecule has 0 aliphatic heterocycles. The molecule has 0 amide bonds. The average Bonchev–Trinajstić information content (AvgIpc) is 1.99. The van der Waals surface area contributed by atoms with Gasteiger partial charge in [-0.25, -0.2) is 0 Å². The highest BCUT2D eigenvalue weighted by Gasteiger charge is 1.85. The molecule has 1 N–H and O–H groups in total. The quantitative estimate of drug-likeness (QED) is 0.594. The van der Waals surface area contributed by atoms with Gasteiger partial charge in [0.05, 0.1) is 6.61 Å². The van der Waals surface area contributed by atoms with Gasteiger partial charge in [0.15, 0.2) is 0 Å². The van der Waals surface area contributed by atoms with Crippen molar-refractivity contribution < 1.29 is 5.11 Å². The van der Waals surface area contributed by atoms with Crippen molar-refractivity contribution >= 4 is 0 Å². The lowest BCUT2D eigenvalue weighted by Crippen LogP contribution is -1.85. The van der Waals surface area contributed by atoms with Crippen molar-refractivity contribution in [1.29, 1.82) is 0 Å². The van der Waals surface area contributed by atoms with Crippen molar-refractivity contribution in [1.82, 2.24) is 0 Å². The highest BCUT2D eigenvalue weighted by molar-refractivity contribution is 5.11. The Hall–Kier alpha value is -0.560. The Bertz CT molecular complexity index is 117. The summed E-state index contributed by atoms with van der Waals surface area (Å²) in [6.45, 7) is 4.32. The molecule has 0 fully saturated rings. The summed E-state index contributed by atoms with van der Waals surface area (Å²) in [5.74, 6) is 0. The summed E-state index contributed by atoms with van der Waals surface area (Å²) in [7, 11) is 0. The standard InChI is InChI=1S/C9H16O/c1-3-5-6-7-9(4-2)8-10/h5-7,10H,3-4,8H2,1-2H3/b6-5-,9-7+. The van der Waals surface area contributed by atoms with E-state index in [1.807, 2.05) is 19.1 Å². The molecule has 0 atom stereocenters. The summed E-state index contributed by atoms with van der Waals surface area (Å²) in [6.07, 6.45) is 8.04. The molecule has 1 nitrogen and oxygen atoms in total. The lowest BCUT2D eigenvalue weighted by Gasteiger charge is -1.94. The van der Waals surface area contributed by atoms with E-state index in [-0.39, 0.29) is 6.61 Å². The highest BCUT2D eigenvalue weighted by atomic mass is 16.3. The Kier molecular flexibility index (Phi) is 6.19. The number of aliphatic hydroxyl groups is 1. The van der Waals surface area contributed by atoms with Gasteiger partial charge in [-0.05, 0) is 18.4 Å². The second-order valence-corrected chi connectivity index (χ2v) is 2.17. The normalized spacial score (nSPS) is 12.9. The molecule has 0 spiro atoms. The number of aliphatic hydroxyl groups excluding tert-OH is 1. The topological polar surface area (TPSA) is 20.2 Å². The maximum atomic E-state index is 8.72. The van der Waals surface area contributed by atoms with Gasteiger partial charge in [0, 0.05) is 0 Å². The van der Waals surface area contributed by atoms with Crippen LogP contribution in [-0.4, -0.2) is 11.7 Å². The summed E-state index contributed by atoms with van der Waals surface area (Å²) in [6, 6.07) is 0. The Morgan fingerprint density at radius 2 is 2.10 bits per heavy atom. The highest BCUT2D eigenvalue weighted by Crippen LogP contribution is 1.98. The summed E-state index contributed by atoms with van der Waals surface area (Å²) in [5.41, 5.74) is 1.09. The fourth-order valence-electron chi connectivity index (χ4n) is 0.623. The van der Waals surface area contributed by atoms with Crippen LogP contribution in [0.1, 0.15) is 26.7 Å². The van der Waals surface area contributed by atoms with Crippen LogP contribution >= 0.6 is 0 Å².